The Morgan fingerprint density at radius 1 is 0.448 bits per heavy atom. The summed E-state index contributed by atoms with van der Waals surface area (Å²) in [5.41, 5.74) is 0. The van der Waals surface area contributed by atoms with Crippen LogP contribution in [0.2, 0.25) is 0 Å². The van der Waals surface area contributed by atoms with Crippen LogP contribution < -0.4 is 5.32 Å². The number of esters is 1. The molecule has 0 bridgehead atoms. The Labute approximate surface area is 534 Å². The van der Waals surface area contributed by atoms with Crippen LogP contribution in [-0.2, 0) is 23.8 Å². The van der Waals surface area contributed by atoms with E-state index < -0.39 is 67.4 Å². The fraction of sp³-hybridized carbons (Fsp3) is 0.816. The van der Waals surface area contributed by atoms with E-state index in [1.807, 2.05) is 6.08 Å². The van der Waals surface area contributed by atoms with Crippen LogP contribution in [0.4, 0.5) is 0 Å². The lowest BCUT2D eigenvalue weighted by Crippen LogP contribution is -2.61. The molecule has 0 aliphatic carbocycles. The van der Waals surface area contributed by atoms with Crippen molar-refractivity contribution in [3.63, 3.8) is 0 Å². The van der Waals surface area contributed by atoms with Gasteiger partial charge in [-0.25, -0.2) is 0 Å². The zero-order chi connectivity index (χ0) is 63.1. The van der Waals surface area contributed by atoms with Gasteiger partial charge in [0.2, 0.25) is 5.91 Å². The topological polar surface area (TPSA) is 175 Å². The minimum atomic E-state index is -1.62. The molecule has 506 valence electrons. The summed E-state index contributed by atoms with van der Waals surface area (Å²) in [7, 11) is 0. The summed E-state index contributed by atoms with van der Waals surface area (Å²) in [6.07, 6.45) is 72.4. The van der Waals surface area contributed by atoms with E-state index in [4.69, 9.17) is 14.2 Å². The van der Waals surface area contributed by atoms with E-state index in [1.165, 1.54) is 212 Å². The van der Waals surface area contributed by atoms with Gasteiger partial charge in [0, 0.05) is 6.42 Å². The molecule has 8 unspecified atom stereocenters. The minimum Gasteiger partial charge on any atom is -0.454 e. The van der Waals surface area contributed by atoms with Crippen LogP contribution in [0.5, 0.6) is 0 Å². The van der Waals surface area contributed by atoms with E-state index in [0.717, 1.165) is 77.0 Å². The van der Waals surface area contributed by atoms with Crippen LogP contribution in [-0.4, -0.2) is 99.6 Å². The largest absolute Gasteiger partial charge is 0.454 e. The predicted molar refractivity (Wildman–Crippen MR) is 366 cm³/mol. The third-order valence-electron chi connectivity index (χ3n) is 17.1. The van der Waals surface area contributed by atoms with Crippen molar-refractivity contribution in [1.82, 2.24) is 5.32 Å². The molecule has 11 heteroatoms. The van der Waals surface area contributed by atoms with E-state index in [-0.39, 0.29) is 19.4 Å². The van der Waals surface area contributed by atoms with E-state index in [1.54, 1.807) is 6.08 Å². The van der Waals surface area contributed by atoms with Crippen LogP contribution >= 0.6 is 0 Å². The normalized spacial score (nSPS) is 18.6. The Morgan fingerprint density at radius 3 is 1.22 bits per heavy atom. The van der Waals surface area contributed by atoms with E-state index in [0.29, 0.717) is 12.8 Å². The molecule has 0 radical (unpaired) electrons. The Balaban J connectivity index is 2.56. The molecule has 1 saturated heterocycles. The number of carbonyl (C=O) groups excluding carboxylic acids is 2. The first-order chi connectivity index (χ1) is 42.7. The maximum absolute atomic E-state index is 13.5. The van der Waals surface area contributed by atoms with Crippen LogP contribution in [0.1, 0.15) is 335 Å². The highest BCUT2D eigenvalue weighted by atomic mass is 16.7. The van der Waals surface area contributed by atoms with Crippen molar-refractivity contribution in [2.75, 3.05) is 13.2 Å². The van der Waals surface area contributed by atoms with Crippen LogP contribution in [0.3, 0.4) is 0 Å². The molecule has 1 aliphatic heterocycles. The van der Waals surface area contributed by atoms with Crippen molar-refractivity contribution in [2.24, 2.45) is 0 Å². The Morgan fingerprint density at radius 2 is 0.793 bits per heavy atom. The molecular weight excluding hydrogens is 1090 g/mol. The fourth-order valence-corrected chi connectivity index (χ4v) is 11.3. The molecule has 1 rings (SSSR count). The number of carbonyl (C=O) groups is 2. The molecule has 1 heterocycles. The van der Waals surface area contributed by atoms with E-state index >= 15 is 0 Å². The first-order valence-electron chi connectivity index (χ1n) is 36.7. The SMILES string of the molecule is CCCCC/C=C\C/C=C\C/C=C\C/C=C\CCCCC(O)C(=O)NC(COC1OC(CO)C(O)C(O)C1OC(=O)CCCCCCCCCCCCCCCCCCC/C=C/CCCCCCCC)C(O)/C=C/CCCCCCCCCCCCC. The minimum absolute atomic E-state index is 0.120. The zero-order valence-corrected chi connectivity index (χ0v) is 56.4. The number of hydrogen-bond donors (Lipinski definition) is 6. The Bertz CT molecular complexity index is 1690. The zero-order valence-electron chi connectivity index (χ0n) is 56.4. The molecule has 1 amide bonds. The smallest absolute Gasteiger partial charge is 0.306 e. The second-order valence-corrected chi connectivity index (χ2v) is 25.3. The standard InChI is InChI=1S/C76H137NO10/c1-4-7-10-13-16-19-22-25-27-29-31-32-33-34-35-36-37-38-39-41-43-46-49-52-55-58-61-64-71(81)87-74-73(83)72(82)70(65-78)86-76(74)85-66-67(68(79)62-59-56-53-50-47-44-24-21-18-15-12-9-6-3)77-75(84)69(80)63-60-57-54-51-48-45-42-40-30-28-26-23-20-17-14-11-8-5-2/h17,20,25-28,40,42,48,51,59,62,67-70,72-74,76,78-80,82-83H,4-16,18-19,21-24,29-39,41,43-47,49-50,52-58,60-61,63-66H2,1-3H3,(H,77,84)/b20-17-,27-25+,28-26-,42-40-,51-48-,62-59+. The van der Waals surface area contributed by atoms with Gasteiger partial charge in [0.1, 0.15) is 24.4 Å². The van der Waals surface area contributed by atoms with Crippen molar-refractivity contribution in [2.45, 2.75) is 384 Å². The lowest BCUT2D eigenvalue weighted by molar-refractivity contribution is -0.305. The fourth-order valence-electron chi connectivity index (χ4n) is 11.3. The van der Waals surface area contributed by atoms with Crippen LogP contribution in [0.15, 0.2) is 72.9 Å². The molecule has 0 spiro atoms. The molecule has 0 saturated carbocycles. The third-order valence-corrected chi connectivity index (χ3v) is 17.1. The summed E-state index contributed by atoms with van der Waals surface area (Å²) >= 11 is 0. The van der Waals surface area contributed by atoms with Crippen molar-refractivity contribution in [3.05, 3.63) is 72.9 Å². The van der Waals surface area contributed by atoms with Crippen LogP contribution in [0.25, 0.3) is 0 Å². The molecular formula is C76H137NO10. The maximum Gasteiger partial charge on any atom is 0.306 e. The maximum atomic E-state index is 13.5. The van der Waals surface area contributed by atoms with Gasteiger partial charge < -0.3 is 45.1 Å². The first kappa shape index (κ1) is 82.1. The average molecular weight is 1220 g/mol. The molecule has 87 heavy (non-hydrogen) atoms. The number of aliphatic hydroxyl groups is 5. The van der Waals surface area contributed by atoms with Gasteiger partial charge in [-0.15, -0.1) is 0 Å². The molecule has 0 aromatic rings. The van der Waals surface area contributed by atoms with E-state index in [9.17, 15) is 35.1 Å². The summed E-state index contributed by atoms with van der Waals surface area (Å²) in [5.74, 6) is -1.22. The molecule has 1 fully saturated rings. The van der Waals surface area contributed by atoms with Gasteiger partial charge in [0.05, 0.1) is 25.4 Å². The summed E-state index contributed by atoms with van der Waals surface area (Å²) in [4.78, 5) is 26.7. The van der Waals surface area contributed by atoms with E-state index in [2.05, 4.69) is 86.8 Å². The highest BCUT2D eigenvalue weighted by molar-refractivity contribution is 5.80. The monoisotopic (exact) mass is 1220 g/mol. The molecule has 1 aliphatic rings. The number of nitrogens with one attached hydrogen (secondary N) is 1. The van der Waals surface area contributed by atoms with Gasteiger partial charge in [0.15, 0.2) is 12.4 Å². The number of aliphatic hydroxyl groups excluding tert-OH is 5. The lowest BCUT2D eigenvalue weighted by atomic mass is 9.99. The number of hydrogen-bond acceptors (Lipinski definition) is 10. The number of ether oxygens (including phenoxy) is 3. The van der Waals surface area contributed by atoms with Gasteiger partial charge in [-0.3, -0.25) is 9.59 Å². The third kappa shape index (κ3) is 50.4. The van der Waals surface area contributed by atoms with Crippen molar-refractivity contribution in [3.8, 4) is 0 Å². The number of unbranched alkanes of at least 4 members (excludes halogenated alkanes) is 39. The van der Waals surface area contributed by atoms with Gasteiger partial charge in [-0.05, 0) is 96.3 Å². The van der Waals surface area contributed by atoms with Gasteiger partial charge >= 0.3 is 5.97 Å². The summed E-state index contributed by atoms with van der Waals surface area (Å²) < 4.78 is 17.7. The summed E-state index contributed by atoms with van der Waals surface area (Å²) in [5, 5.41) is 57.2. The average Bonchev–Trinajstić information content (AvgIpc) is 2.75. The molecule has 11 nitrogen and oxygen atoms in total. The summed E-state index contributed by atoms with van der Waals surface area (Å²) in [6, 6.07) is -1.04. The van der Waals surface area contributed by atoms with Crippen LogP contribution in [0, 0.1) is 0 Å². The quantitative estimate of drug-likeness (QED) is 0.0195. The molecule has 0 aromatic heterocycles. The number of amides is 1. The van der Waals surface area contributed by atoms with Gasteiger partial charge in [-0.2, -0.15) is 0 Å². The predicted octanol–water partition coefficient (Wildman–Crippen LogP) is 19.1. The first-order valence-corrected chi connectivity index (χ1v) is 36.7. The molecule has 6 N–H and O–H groups in total. The Hall–Kier alpha value is -2.90. The Kier molecular flexibility index (Phi) is 59.7. The highest BCUT2D eigenvalue weighted by Gasteiger charge is 2.47. The van der Waals surface area contributed by atoms with Crippen molar-refractivity contribution < 1.29 is 49.3 Å². The van der Waals surface area contributed by atoms with Crippen molar-refractivity contribution in [1.29, 1.82) is 0 Å². The second-order valence-electron chi connectivity index (χ2n) is 25.3. The van der Waals surface area contributed by atoms with Gasteiger partial charge in [-0.1, -0.05) is 306 Å². The van der Waals surface area contributed by atoms with Crippen molar-refractivity contribution >= 4 is 11.9 Å². The number of rotatable bonds is 63. The molecule has 0 aromatic carbocycles. The lowest BCUT2D eigenvalue weighted by Gasteiger charge is -2.41. The molecule has 8 atom stereocenters. The van der Waals surface area contributed by atoms with Gasteiger partial charge in [0.25, 0.3) is 0 Å². The summed E-state index contributed by atoms with van der Waals surface area (Å²) in [6.45, 7) is 5.78. The highest BCUT2D eigenvalue weighted by Crippen LogP contribution is 2.26. The second kappa shape index (κ2) is 63.3. The number of allylic oxidation sites excluding steroid dienone is 11.